The van der Waals surface area contributed by atoms with Crippen LogP contribution in [-0.2, 0) is 14.8 Å². The average Bonchev–Trinajstić information content (AvgIpc) is 3.04. The van der Waals surface area contributed by atoms with E-state index < -0.39 is 27.8 Å². The van der Waals surface area contributed by atoms with Gasteiger partial charge in [-0.3, -0.25) is 14.5 Å². The number of carbonyl (C=O) groups excluding carboxylic acids is 3. The third-order valence-corrected chi connectivity index (χ3v) is 8.21. The molecule has 33 heavy (non-hydrogen) atoms. The molecule has 0 N–H and O–H groups in total. The van der Waals surface area contributed by atoms with Gasteiger partial charge < -0.3 is 4.74 Å². The second kappa shape index (κ2) is 9.07. The first-order chi connectivity index (χ1) is 15.7. The molecule has 2 heterocycles. The Morgan fingerprint density at radius 3 is 2.36 bits per heavy atom. The van der Waals surface area contributed by atoms with Crippen molar-refractivity contribution >= 4 is 27.8 Å². The van der Waals surface area contributed by atoms with E-state index in [4.69, 9.17) is 4.74 Å². The Kier molecular flexibility index (Phi) is 6.36. The Hall–Kier alpha value is -3.04. The molecular weight excluding hydrogens is 444 g/mol. The highest BCUT2D eigenvalue weighted by molar-refractivity contribution is 7.89. The number of sulfonamides is 1. The summed E-state index contributed by atoms with van der Waals surface area (Å²) in [6.45, 7) is 3.77. The number of carbonyl (C=O) groups is 3. The molecule has 1 fully saturated rings. The summed E-state index contributed by atoms with van der Waals surface area (Å²) in [6.07, 6.45) is 2.60. The lowest BCUT2D eigenvalue weighted by atomic mass is 10.1. The molecule has 0 spiro atoms. The molecule has 0 radical (unpaired) electrons. The maximum Gasteiger partial charge on any atom is 0.338 e. The Morgan fingerprint density at radius 1 is 1.06 bits per heavy atom. The van der Waals surface area contributed by atoms with Gasteiger partial charge >= 0.3 is 5.97 Å². The maximum atomic E-state index is 13.1. The number of esters is 1. The Labute approximate surface area is 193 Å². The van der Waals surface area contributed by atoms with E-state index in [0.717, 1.165) is 24.2 Å². The van der Waals surface area contributed by atoms with Gasteiger partial charge in [0.05, 0.1) is 28.1 Å². The smallest absolute Gasteiger partial charge is 0.338 e. The molecule has 0 saturated carbocycles. The minimum Gasteiger partial charge on any atom is -0.460 e. The number of nitrogens with zero attached hydrogens (tertiary/aromatic N) is 2. The topological polar surface area (TPSA) is 101 Å². The minimum atomic E-state index is -3.73. The normalized spacial score (nSPS) is 19.0. The quantitative estimate of drug-likeness (QED) is 0.475. The Morgan fingerprint density at radius 2 is 1.73 bits per heavy atom. The lowest BCUT2D eigenvalue weighted by Gasteiger charge is -2.32. The van der Waals surface area contributed by atoms with Crippen molar-refractivity contribution in [1.29, 1.82) is 0 Å². The van der Waals surface area contributed by atoms with Crippen LogP contribution in [0.25, 0.3) is 0 Å². The average molecular weight is 471 g/mol. The van der Waals surface area contributed by atoms with E-state index in [1.165, 1.54) is 16.4 Å². The van der Waals surface area contributed by atoms with Gasteiger partial charge in [-0.2, -0.15) is 4.31 Å². The van der Waals surface area contributed by atoms with E-state index in [0.29, 0.717) is 23.2 Å². The molecule has 2 aromatic carbocycles. The summed E-state index contributed by atoms with van der Waals surface area (Å²) in [6, 6.07) is 10.9. The van der Waals surface area contributed by atoms with Crippen LogP contribution in [0.5, 0.6) is 0 Å². The van der Waals surface area contributed by atoms with E-state index in [9.17, 15) is 22.8 Å². The first-order valence-corrected chi connectivity index (χ1v) is 12.4. The van der Waals surface area contributed by atoms with Crippen LogP contribution in [0, 0.1) is 6.92 Å². The SMILES string of the molecule is Cc1ccc(S(=O)(=O)N2CCCCC2C)cc1C(=O)OCCN1C(=O)c2ccccc2C1=O. The van der Waals surface area contributed by atoms with Crippen molar-refractivity contribution in [3.8, 4) is 0 Å². The fourth-order valence-electron chi connectivity index (χ4n) is 4.30. The van der Waals surface area contributed by atoms with Crippen molar-refractivity contribution in [3.05, 3.63) is 64.7 Å². The van der Waals surface area contributed by atoms with Crippen LogP contribution in [0.3, 0.4) is 0 Å². The molecule has 0 aliphatic carbocycles. The minimum absolute atomic E-state index is 0.0501. The van der Waals surface area contributed by atoms with Gasteiger partial charge in [0.25, 0.3) is 11.8 Å². The molecule has 9 heteroatoms. The predicted molar refractivity (Wildman–Crippen MR) is 120 cm³/mol. The Bertz CT molecular complexity index is 1190. The molecule has 0 aromatic heterocycles. The molecule has 2 amide bonds. The third-order valence-electron chi connectivity index (χ3n) is 6.20. The molecule has 0 bridgehead atoms. The summed E-state index contributed by atoms with van der Waals surface area (Å²) < 4.78 is 33.1. The van der Waals surface area contributed by atoms with Gasteiger partial charge in [0.2, 0.25) is 10.0 Å². The van der Waals surface area contributed by atoms with Gasteiger partial charge in [0.1, 0.15) is 6.61 Å². The summed E-state index contributed by atoms with van der Waals surface area (Å²) in [5.41, 5.74) is 1.37. The van der Waals surface area contributed by atoms with E-state index >= 15 is 0 Å². The van der Waals surface area contributed by atoms with Gasteiger partial charge in [0.15, 0.2) is 0 Å². The maximum absolute atomic E-state index is 13.1. The zero-order valence-electron chi connectivity index (χ0n) is 18.6. The summed E-state index contributed by atoms with van der Waals surface area (Å²) in [5, 5.41) is 0. The van der Waals surface area contributed by atoms with Gasteiger partial charge in [0, 0.05) is 12.6 Å². The zero-order valence-corrected chi connectivity index (χ0v) is 19.4. The van der Waals surface area contributed by atoms with Gasteiger partial charge in [-0.15, -0.1) is 0 Å². The number of fused-ring (bicyclic) bond motifs is 1. The number of amides is 2. The first-order valence-electron chi connectivity index (χ1n) is 11.0. The molecule has 2 aliphatic heterocycles. The predicted octanol–water partition coefficient (Wildman–Crippen LogP) is 3.01. The van der Waals surface area contributed by atoms with Crippen LogP contribution in [-0.4, -0.2) is 61.1 Å². The Balaban J connectivity index is 1.45. The van der Waals surface area contributed by atoms with Crippen LogP contribution in [0.15, 0.2) is 47.4 Å². The van der Waals surface area contributed by atoms with Crippen LogP contribution >= 0.6 is 0 Å². The van der Waals surface area contributed by atoms with Gasteiger partial charge in [-0.1, -0.05) is 24.6 Å². The van der Waals surface area contributed by atoms with E-state index in [-0.39, 0.29) is 29.7 Å². The lowest BCUT2D eigenvalue weighted by molar-refractivity contribution is 0.0419. The first kappa shape index (κ1) is 23.1. The molecule has 1 unspecified atom stereocenters. The monoisotopic (exact) mass is 470 g/mol. The highest BCUT2D eigenvalue weighted by Gasteiger charge is 2.35. The van der Waals surface area contributed by atoms with Crippen LogP contribution < -0.4 is 0 Å². The number of benzene rings is 2. The summed E-state index contributed by atoms with van der Waals surface area (Å²) >= 11 is 0. The molecule has 8 nitrogen and oxygen atoms in total. The number of hydrogen-bond donors (Lipinski definition) is 0. The second-order valence-electron chi connectivity index (χ2n) is 8.38. The molecule has 174 valence electrons. The van der Waals surface area contributed by atoms with Gasteiger partial charge in [-0.25, -0.2) is 13.2 Å². The van der Waals surface area contributed by atoms with Crippen molar-refractivity contribution in [2.24, 2.45) is 0 Å². The number of ether oxygens (including phenoxy) is 1. The van der Waals surface area contributed by atoms with E-state index in [2.05, 4.69) is 0 Å². The largest absolute Gasteiger partial charge is 0.460 e. The van der Waals surface area contributed by atoms with Crippen LogP contribution in [0.2, 0.25) is 0 Å². The van der Waals surface area contributed by atoms with Crippen molar-refractivity contribution in [1.82, 2.24) is 9.21 Å². The third kappa shape index (κ3) is 4.30. The molecule has 2 aliphatic rings. The lowest BCUT2D eigenvalue weighted by Crippen LogP contribution is -2.41. The van der Waals surface area contributed by atoms with Crippen LogP contribution in [0.4, 0.5) is 0 Å². The van der Waals surface area contributed by atoms with Crippen molar-refractivity contribution in [3.63, 3.8) is 0 Å². The molecule has 1 saturated heterocycles. The van der Waals surface area contributed by atoms with Crippen LogP contribution in [0.1, 0.15) is 62.8 Å². The summed E-state index contributed by atoms with van der Waals surface area (Å²) in [4.78, 5) is 38.7. The molecule has 1 atom stereocenters. The number of imide groups is 1. The fourth-order valence-corrected chi connectivity index (χ4v) is 6.02. The van der Waals surface area contributed by atoms with Crippen molar-refractivity contribution < 1.29 is 27.5 Å². The summed E-state index contributed by atoms with van der Waals surface area (Å²) in [5.74, 6) is -1.55. The zero-order chi connectivity index (χ0) is 23.8. The standard InChI is InChI=1S/C24H26N2O6S/c1-16-10-11-18(33(30,31)26-12-6-5-7-17(26)2)15-21(16)24(29)32-14-13-25-22(27)19-8-3-4-9-20(19)23(25)28/h3-4,8-11,15,17H,5-7,12-14H2,1-2H3. The van der Waals surface area contributed by atoms with E-state index in [1.54, 1.807) is 37.3 Å². The molecule has 2 aromatic rings. The van der Waals surface area contributed by atoms with E-state index in [1.807, 2.05) is 6.92 Å². The summed E-state index contributed by atoms with van der Waals surface area (Å²) in [7, 11) is -3.73. The molecular formula is C24H26N2O6S. The second-order valence-corrected chi connectivity index (χ2v) is 10.3. The molecule has 4 rings (SSSR count). The number of hydrogen-bond acceptors (Lipinski definition) is 6. The number of aryl methyl sites for hydroxylation is 1. The fraction of sp³-hybridized carbons (Fsp3) is 0.375. The number of rotatable bonds is 6. The highest BCUT2D eigenvalue weighted by Crippen LogP contribution is 2.27. The van der Waals surface area contributed by atoms with Crippen molar-refractivity contribution in [2.75, 3.05) is 19.7 Å². The number of piperidine rings is 1. The van der Waals surface area contributed by atoms with Crippen molar-refractivity contribution in [2.45, 2.75) is 44.0 Å². The highest BCUT2D eigenvalue weighted by atomic mass is 32.2. The van der Waals surface area contributed by atoms with Gasteiger partial charge in [-0.05, 0) is 56.5 Å².